The van der Waals surface area contributed by atoms with Gasteiger partial charge in [-0.15, -0.1) is 0 Å². The van der Waals surface area contributed by atoms with Gasteiger partial charge in [0.15, 0.2) is 0 Å². The van der Waals surface area contributed by atoms with E-state index in [4.69, 9.17) is 0 Å². The van der Waals surface area contributed by atoms with Crippen molar-refractivity contribution in [3.63, 3.8) is 0 Å². The summed E-state index contributed by atoms with van der Waals surface area (Å²) in [4.78, 5) is 20.3. The fraction of sp³-hybridized carbons (Fsp3) is 0.125. The van der Waals surface area contributed by atoms with Gasteiger partial charge in [0, 0.05) is 16.6 Å². The summed E-state index contributed by atoms with van der Waals surface area (Å²) in [5.74, 6) is -2.20. The molecule has 0 radical (unpaired) electrons. The molecule has 0 atom stereocenters. The van der Waals surface area contributed by atoms with Gasteiger partial charge in [-0.1, -0.05) is 0 Å². The quantitative estimate of drug-likeness (QED) is 0.674. The van der Waals surface area contributed by atoms with Gasteiger partial charge in [-0.25, -0.2) is 0 Å². The van der Waals surface area contributed by atoms with Gasteiger partial charge in [-0.3, -0.25) is 14.9 Å². The van der Waals surface area contributed by atoms with Crippen LogP contribution in [0.1, 0.15) is 0 Å². The highest BCUT2D eigenvalue weighted by molar-refractivity contribution is 9.10. The maximum Gasteiger partial charge on any atom is 0.471 e. The van der Waals surface area contributed by atoms with Crippen molar-refractivity contribution in [2.24, 2.45) is 0 Å². The average molecular weight is 313 g/mol. The first-order valence-corrected chi connectivity index (χ1v) is 4.83. The molecule has 17 heavy (non-hydrogen) atoms. The van der Waals surface area contributed by atoms with Gasteiger partial charge in [-0.2, -0.15) is 13.2 Å². The van der Waals surface area contributed by atoms with Crippen molar-refractivity contribution >= 4 is 33.2 Å². The fourth-order valence-corrected chi connectivity index (χ4v) is 1.26. The predicted octanol–water partition coefficient (Wildman–Crippen LogP) is 2.86. The third-order valence-corrected chi connectivity index (χ3v) is 2.36. The second kappa shape index (κ2) is 4.70. The predicted molar refractivity (Wildman–Crippen MR) is 55.5 cm³/mol. The van der Waals surface area contributed by atoms with E-state index in [2.05, 4.69) is 15.9 Å². The largest absolute Gasteiger partial charge is 0.471 e. The number of non-ortho nitro benzene ring substituents is 1. The number of amides is 1. The van der Waals surface area contributed by atoms with E-state index in [-0.39, 0.29) is 10.2 Å². The van der Waals surface area contributed by atoms with Crippen LogP contribution in [0.25, 0.3) is 0 Å². The van der Waals surface area contributed by atoms with Gasteiger partial charge in [0.05, 0.1) is 10.6 Å². The van der Waals surface area contributed by atoms with Crippen molar-refractivity contribution in [2.45, 2.75) is 6.18 Å². The van der Waals surface area contributed by atoms with E-state index in [0.717, 1.165) is 12.1 Å². The first-order chi connectivity index (χ1) is 7.71. The molecule has 1 amide bonds. The summed E-state index contributed by atoms with van der Waals surface area (Å²) in [7, 11) is 0. The van der Waals surface area contributed by atoms with Gasteiger partial charge in [0.25, 0.3) is 5.69 Å². The summed E-state index contributed by atoms with van der Waals surface area (Å²) in [6.45, 7) is 0. The minimum atomic E-state index is -5.05. The molecule has 0 aliphatic carbocycles. The van der Waals surface area contributed by atoms with Gasteiger partial charge >= 0.3 is 12.1 Å². The molecule has 0 unspecified atom stereocenters. The van der Waals surface area contributed by atoms with Crippen LogP contribution in [-0.2, 0) is 4.79 Å². The van der Waals surface area contributed by atoms with E-state index in [1.807, 2.05) is 0 Å². The van der Waals surface area contributed by atoms with Crippen LogP contribution in [0.5, 0.6) is 0 Å². The molecule has 1 N–H and O–H groups in total. The first kappa shape index (κ1) is 13.4. The summed E-state index contributed by atoms with van der Waals surface area (Å²) in [6, 6.07) is 3.09. The molecule has 1 aromatic rings. The second-order valence-electron chi connectivity index (χ2n) is 2.87. The van der Waals surface area contributed by atoms with Crippen LogP contribution >= 0.6 is 15.9 Å². The Morgan fingerprint density at radius 1 is 1.41 bits per heavy atom. The third-order valence-electron chi connectivity index (χ3n) is 1.67. The number of benzene rings is 1. The molecule has 92 valence electrons. The molecule has 0 aromatic heterocycles. The zero-order valence-electron chi connectivity index (χ0n) is 7.92. The molecule has 0 spiro atoms. The van der Waals surface area contributed by atoms with Crippen molar-refractivity contribution < 1.29 is 22.9 Å². The molecule has 0 bridgehead atoms. The minimum absolute atomic E-state index is 0.112. The molecular weight excluding hydrogens is 309 g/mol. The molecule has 0 saturated heterocycles. The third kappa shape index (κ3) is 3.41. The van der Waals surface area contributed by atoms with Crippen molar-refractivity contribution in [3.05, 3.63) is 32.8 Å². The van der Waals surface area contributed by atoms with Crippen LogP contribution in [0.2, 0.25) is 0 Å². The lowest BCUT2D eigenvalue weighted by molar-refractivity contribution is -0.384. The number of carbonyl (C=O) groups excluding carboxylic acids is 1. The topological polar surface area (TPSA) is 72.2 Å². The molecule has 1 aromatic carbocycles. The normalized spacial score (nSPS) is 11.1. The van der Waals surface area contributed by atoms with Gasteiger partial charge in [0.1, 0.15) is 0 Å². The molecule has 0 saturated carbocycles. The van der Waals surface area contributed by atoms with E-state index in [1.54, 1.807) is 0 Å². The van der Waals surface area contributed by atoms with Crippen molar-refractivity contribution in [1.82, 2.24) is 0 Å². The maximum absolute atomic E-state index is 12.0. The van der Waals surface area contributed by atoms with E-state index < -0.39 is 22.7 Å². The number of hydrogen-bond donors (Lipinski definition) is 1. The Balaban J connectivity index is 3.02. The number of nitrogens with zero attached hydrogens (tertiary/aromatic N) is 1. The Morgan fingerprint density at radius 3 is 2.47 bits per heavy atom. The van der Waals surface area contributed by atoms with Crippen LogP contribution in [0.15, 0.2) is 22.7 Å². The number of halogens is 4. The van der Waals surface area contributed by atoms with Crippen molar-refractivity contribution in [3.8, 4) is 0 Å². The number of hydrogen-bond acceptors (Lipinski definition) is 3. The van der Waals surface area contributed by atoms with Crippen molar-refractivity contribution in [1.29, 1.82) is 0 Å². The molecule has 9 heteroatoms. The van der Waals surface area contributed by atoms with Gasteiger partial charge in [-0.05, 0) is 22.0 Å². The zero-order valence-corrected chi connectivity index (χ0v) is 9.50. The first-order valence-electron chi connectivity index (χ1n) is 4.04. The Hall–Kier alpha value is -1.64. The van der Waals surface area contributed by atoms with Crippen LogP contribution in [0, 0.1) is 10.1 Å². The average Bonchev–Trinajstić information content (AvgIpc) is 2.19. The van der Waals surface area contributed by atoms with Crippen molar-refractivity contribution in [2.75, 3.05) is 5.32 Å². The van der Waals surface area contributed by atoms with E-state index in [9.17, 15) is 28.1 Å². The zero-order chi connectivity index (χ0) is 13.2. The fourth-order valence-electron chi connectivity index (χ4n) is 0.916. The number of nitro benzene ring substituents is 1. The highest BCUT2D eigenvalue weighted by Crippen LogP contribution is 2.28. The SMILES string of the molecule is O=C(Nc1cc([N+](=O)[O-])ccc1Br)C(F)(F)F. The van der Waals surface area contributed by atoms with Gasteiger partial charge < -0.3 is 5.32 Å². The standard InChI is InChI=1S/C8H4BrF3N2O3/c9-5-2-1-4(14(16)17)3-6(5)13-7(15)8(10,11)12/h1-3H,(H,13,15). The maximum atomic E-state index is 12.0. The van der Waals surface area contributed by atoms with E-state index in [1.165, 1.54) is 11.4 Å². The Bertz CT molecular complexity index is 476. The molecule has 5 nitrogen and oxygen atoms in total. The summed E-state index contributed by atoms with van der Waals surface area (Å²) in [5, 5.41) is 11.9. The Labute approximate surface area is 101 Å². The number of carbonyl (C=O) groups is 1. The summed E-state index contributed by atoms with van der Waals surface area (Å²) < 4.78 is 36.0. The monoisotopic (exact) mass is 312 g/mol. The molecule has 0 heterocycles. The lowest BCUT2D eigenvalue weighted by Crippen LogP contribution is -2.30. The lowest BCUT2D eigenvalue weighted by Gasteiger charge is -2.09. The summed E-state index contributed by atoms with van der Waals surface area (Å²) in [5.41, 5.74) is -0.743. The molecule has 0 aliphatic heterocycles. The Kier molecular flexibility index (Phi) is 3.71. The smallest absolute Gasteiger partial charge is 0.317 e. The minimum Gasteiger partial charge on any atom is -0.317 e. The number of rotatable bonds is 2. The highest BCUT2D eigenvalue weighted by Gasteiger charge is 2.39. The second-order valence-corrected chi connectivity index (χ2v) is 3.73. The van der Waals surface area contributed by atoms with E-state index in [0.29, 0.717) is 0 Å². The Morgan fingerprint density at radius 2 is 2.00 bits per heavy atom. The number of alkyl halides is 3. The summed E-state index contributed by atoms with van der Waals surface area (Å²) >= 11 is 2.87. The number of anilines is 1. The van der Waals surface area contributed by atoms with Crippen LogP contribution in [0.3, 0.4) is 0 Å². The lowest BCUT2D eigenvalue weighted by atomic mass is 10.3. The number of nitrogens with one attached hydrogen (secondary N) is 1. The van der Waals surface area contributed by atoms with Crippen LogP contribution in [0.4, 0.5) is 24.5 Å². The van der Waals surface area contributed by atoms with Crippen LogP contribution < -0.4 is 5.32 Å². The molecule has 0 fully saturated rings. The van der Waals surface area contributed by atoms with Gasteiger partial charge in [0.2, 0.25) is 0 Å². The van der Waals surface area contributed by atoms with E-state index >= 15 is 0 Å². The van der Waals surface area contributed by atoms with Crippen LogP contribution in [-0.4, -0.2) is 17.0 Å². The molecule has 1 rings (SSSR count). The highest BCUT2D eigenvalue weighted by atomic mass is 79.9. The summed E-state index contributed by atoms with van der Waals surface area (Å²) in [6.07, 6.45) is -5.05. The number of nitro groups is 1. The molecule has 0 aliphatic rings. The molecular formula is C8H4BrF3N2O3.